The van der Waals surface area contributed by atoms with E-state index in [2.05, 4.69) is 14.7 Å². The molecule has 1 N–H and O–H groups in total. The topological polar surface area (TPSA) is 85.1 Å². The van der Waals surface area contributed by atoms with Crippen molar-refractivity contribution in [2.24, 2.45) is 0 Å². The molecule has 0 atom stereocenters. The maximum absolute atomic E-state index is 12.5. The van der Waals surface area contributed by atoms with E-state index in [1.165, 1.54) is 6.92 Å². The zero-order valence-electron chi connectivity index (χ0n) is 13.8. The van der Waals surface area contributed by atoms with Crippen molar-refractivity contribution in [1.29, 1.82) is 0 Å². The number of carbonyl (C=O) groups excluding carboxylic acids is 2. The quantitative estimate of drug-likeness (QED) is 0.653. The largest absolute Gasteiger partial charge is 0.451 e. The Labute approximate surface area is 163 Å². The van der Waals surface area contributed by atoms with Crippen LogP contribution in [0.1, 0.15) is 28.9 Å². The first-order chi connectivity index (χ1) is 12.3. The molecule has 0 unspecified atom stereocenters. The Morgan fingerprint density at radius 3 is 2.73 bits per heavy atom. The van der Waals surface area contributed by atoms with E-state index in [1.807, 2.05) is 0 Å². The number of ketones is 1. The number of amides is 1. The molecule has 3 rings (SSSR count). The molecule has 9 heteroatoms. The lowest BCUT2D eigenvalue weighted by atomic mass is 10.1. The zero-order chi connectivity index (χ0) is 18.8. The van der Waals surface area contributed by atoms with E-state index < -0.39 is 5.91 Å². The summed E-state index contributed by atoms with van der Waals surface area (Å²) in [5, 5.41) is 3.87. The highest BCUT2D eigenvalue weighted by molar-refractivity contribution is 7.09. The second-order valence-electron chi connectivity index (χ2n) is 5.60. The number of furan rings is 1. The third kappa shape index (κ3) is 4.12. The van der Waals surface area contributed by atoms with E-state index in [4.69, 9.17) is 27.6 Å². The van der Waals surface area contributed by atoms with Crippen molar-refractivity contribution in [3.05, 3.63) is 51.5 Å². The number of halogens is 2. The van der Waals surface area contributed by atoms with Crippen LogP contribution in [0, 0.1) is 6.92 Å². The third-order valence-electron chi connectivity index (χ3n) is 3.42. The van der Waals surface area contributed by atoms with Gasteiger partial charge in [0.15, 0.2) is 11.6 Å². The van der Waals surface area contributed by atoms with Gasteiger partial charge in [0.2, 0.25) is 5.13 Å². The third-order valence-corrected chi connectivity index (χ3v) is 4.63. The van der Waals surface area contributed by atoms with Gasteiger partial charge in [-0.15, -0.1) is 0 Å². The zero-order valence-corrected chi connectivity index (χ0v) is 16.1. The minimum absolute atomic E-state index is 0.0490. The van der Waals surface area contributed by atoms with Crippen molar-refractivity contribution in [3.63, 3.8) is 0 Å². The van der Waals surface area contributed by atoms with E-state index in [1.54, 1.807) is 31.2 Å². The van der Waals surface area contributed by atoms with Crippen molar-refractivity contribution in [2.45, 2.75) is 20.3 Å². The van der Waals surface area contributed by atoms with Crippen LogP contribution in [-0.2, 0) is 11.2 Å². The number of carbonyl (C=O) groups is 2. The van der Waals surface area contributed by atoms with Gasteiger partial charge in [-0.3, -0.25) is 14.9 Å². The minimum Gasteiger partial charge on any atom is -0.451 e. The molecule has 0 saturated heterocycles. The molecule has 0 fully saturated rings. The number of hydrogen-bond acceptors (Lipinski definition) is 6. The predicted octanol–water partition coefficient (Wildman–Crippen LogP) is 4.80. The second-order valence-corrected chi connectivity index (χ2v) is 7.19. The lowest BCUT2D eigenvalue weighted by molar-refractivity contribution is -0.116. The molecule has 0 aliphatic carbocycles. The highest BCUT2D eigenvalue weighted by Crippen LogP contribution is 2.33. The Balaban J connectivity index is 1.81. The maximum atomic E-state index is 12.5. The fourth-order valence-electron chi connectivity index (χ4n) is 2.28. The van der Waals surface area contributed by atoms with Gasteiger partial charge in [0, 0.05) is 27.7 Å². The molecular formula is C17H13Cl2N3O3S. The summed E-state index contributed by atoms with van der Waals surface area (Å²) in [5.41, 5.74) is 1.29. The first-order valence-electron chi connectivity index (χ1n) is 7.52. The molecule has 1 amide bonds. The second kappa shape index (κ2) is 7.57. The SMILES string of the molecule is CC(=O)Cc1nsc(NC(=O)c2oc(-c3ccc(Cl)cc3Cl)cc2C)n1. The standard InChI is InChI=1S/C17H13Cl2N3O3S/c1-8-5-13(11-4-3-10(18)7-12(11)19)25-15(8)16(24)21-17-20-14(22-26-17)6-9(2)23/h3-5,7H,6H2,1-2H3,(H,20,21,22,24). The summed E-state index contributed by atoms with van der Waals surface area (Å²) < 4.78 is 9.72. The van der Waals surface area contributed by atoms with Gasteiger partial charge in [-0.05, 0) is 38.1 Å². The Bertz CT molecular complexity index is 997. The van der Waals surface area contributed by atoms with Crippen molar-refractivity contribution in [3.8, 4) is 11.3 Å². The summed E-state index contributed by atoms with van der Waals surface area (Å²) in [4.78, 5) is 27.7. The van der Waals surface area contributed by atoms with Gasteiger partial charge in [0.1, 0.15) is 11.5 Å². The van der Waals surface area contributed by atoms with Crippen LogP contribution in [-0.4, -0.2) is 21.0 Å². The summed E-state index contributed by atoms with van der Waals surface area (Å²) in [7, 11) is 0. The fraction of sp³-hybridized carbons (Fsp3) is 0.176. The summed E-state index contributed by atoms with van der Waals surface area (Å²) in [5.74, 6) is 0.484. The molecule has 26 heavy (non-hydrogen) atoms. The molecule has 0 saturated carbocycles. The minimum atomic E-state index is -0.454. The highest BCUT2D eigenvalue weighted by atomic mass is 35.5. The van der Waals surface area contributed by atoms with Crippen LogP contribution in [0.4, 0.5) is 5.13 Å². The fourth-order valence-corrected chi connectivity index (χ4v) is 3.37. The molecule has 3 aromatic rings. The number of aryl methyl sites for hydroxylation is 1. The van der Waals surface area contributed by atoms with Crippen molar-refractivity contribution >= 4 is 51.6 Å². The predicted molar refractivity (Wildman–Crippen MR) is 101 cm³/mol. The number of benzene rings is 1. The average molecular weight is 410 g/mol. The first-order valence-corrected chi connectivity index (χ1v) is 9.05. The van der Waals surface area contributed by atoms with Crippen molar-refractivity contribution in [1.82, 2.24) is 9.36 Å². The van der Waals surface area contributed by atoms with Gasteiger partial charge >= 0.3 is 0 Å². The lowest BCUT2D eigenvalue weighted by Crippen LogP contribution is -2.12. The Morgan fingerprint density at radius 1 is 1.27 bits per heavy atom. The van der Waals surface area contributed by atoms with Gasteiger partial charge in [-0.2, -0.15) is 4.37 Å². The number of nitrogens with zero attached hydrogens (tertiary/aromatic N) is 2. The Kier molecular flexibility index (Phi) is 5.41. The molecule has 2 heterocycles. The molecular weight excluding hydrogens is 397 g/mol. The van der Waals surface area contributed by atoms with Gasteiger partial charge in [0.25, 0.3) is 5.91 Å². The van der Waals surface area contributed by atoms with Crippen LogP contribution in [0.3, 0.4) is 0 Å². The number of aromatic nitrogens is 2. The molecule has 6 nitrogen and oxygen atoms in total. The van der Waals surface area contributed by atoms with Crippen molar-refractivity contribution in [2.75, 3.05) is 5.32 Å². The molecule has 0 spiro atoms. The number of anilines is 1. The van der Waals surface area contributed by atoms with Crippen LogP contribution < -0.4 is 5.32 Å². The van der Waals surface area contributed by atoms with E-state index >= 15 is 0 Å². The van der Waals surface area contributed by atoms with Gasteiger partial charge in [-0.25, -0.2) is 4.98 Å². The van der Waals surface area contributed by atoms with Gasteiger partial charge < -0.3 is 4.42 Å². The van der Waals surface area contributed by atoms with E-state index in [-0.39, 0.29) is 18.0 Å². The molecule has 2 aromatic heterocycles. The van der Waals surface area contributed by atoms with Crippen LogP contribution >= 0.6 is 34.7 Å². The summed E-state index contributed by atoms with van der Waals surface area (Å²) >= 11 is 13.1. The Morgan fingerprint density at radius 2 is 2.04 bits per heavy atom. The average Bonchev–Trinajstić information content (AvgIpc) is 3.13. The lowest BCUT2D eigenvalue weighted by Gasteiger charge is -2.01. The Hall–Kier alpha value is -2.22. The van der Waals surface area contributed by atoms with Crippen LogP contribution in [0.15, 0.2) is 28.7 Å². The van der Waals surface area contributed by atoms with Crippen LogP contribution in [0.5, 0.6) is 0 Å². The number of rotatable bonds is 5. The smallest absolute Gasteiger partial charge is 0.293 e. The molecule has 0 bridgehead atoms. The van der Waals surface area contributed by atoms with Crippen LogP contribution in [0.25, 0.3) is 11.3 Å². The molecule has 0 aliphatic rings. The summed E-state index contributed by atoms with van der Waals surface area (Å²) in [6, 6.07) is 6.75. The number of hydrogen-bond donors (Lipinski definition) is 1. The van der Waals surface area contributed by atoms with E-state index in [0.717, 1.165) is 11.5 Å². The monoisotopic (exact) mass is 409 g/mol. The summed E-state index contributed by atoms with van der Waals surface area (Å²) in [6.45, 7) is 3.21. The normalized spacial score (nSPS) is 10.8. The van der Waals surface area contributed by atoms with Gasteiger partial charge in [0.05, 0.1) is 11.4 Å². The molecule has 0 radical (unpaired) electrons. The van der Waals surface area contributed by atoms with E-state index in [0.29, 0.717) is 37.9 Å². The van der Waals surface area contributed by atoms with Crippen LogP contribution in [0.2, 0.25) is 10.0 Å². The summed E-state index contributed by atoms with van der Waals surface area (Å²) in [6.07, 6.45) is 0.130. The highest BCUT2D eigenvalue weighted by Gasteiger charge is 2.19. The molecule has 0 aliphatic heterocycles. The van der Waals surface area contributed by atoms with Gasteiger partial charge in [-0.1, -0.05) is 23.2 Å². The first kappa shape index (κ1) is 18.6. The molecule has 1 aromatic carbocycles. The maximum Gasteiger partial charge on any atom is 0.293 e. The number of nitrogens with one attached hydrogen (secondary N) is 1. The molecule has 134 valence electrons. The van der Waals surface area contributed by atoms with Crippen molar-refractivity contribution < 1.29 is 14.0 Å². The van der Waals surface area contributed by atoms with E-state index in [9.17, 15) is 9.59 Å². The number of Topliss-reactive ketones (excluding diaryl/α,β-unsaturated/α-hetero) is 1.